The molecule has 1 aliphatic rings. The van der Waals surface area contributed by atoms with Gasteiger partial charge < -0.3 is 9.80 Å². The number of amides is 2. The molecule has 6 heteroatoms. The third kappa shape index (κ3) is 3.64. The van der Waals surface area contributed by atoms with E-state index in [4.69, 9.17) is 0 Å². The summed E-state index contributed by atoms with van der Waals surface area (Å²) in [5.74, 6) is 0.0504. The summed E-state index contributed by atoms with van der Waals surface area (Å²) >= 11 is 1.56. The topological polar surface area (TPSA) is 53.5 Å². The van der Waals surface area contributed by atoms with Crippen molar-refractivity contribution in [1.29, 1.82) is 0 Å². The van der Waals surface area contributed by atoms with Gasteiger partial charge in [0.2, 0.25) is 11.8 Å². The Morgan fingerprint density at radius 1 is 1.26 bits per heavy atom. The molecular formula is C13H17N3O2S. The van der Waals surface area contributed by atoms with Crippen LogP contribution in [0.15, 0.2) is 11.5 Å². The Hall–Kier alpha value is -1.69. The first-order valence-corrected chi connectivity index (χ1v) is 7.09. The van der Waals surface area contributed by atoms with Gasteiger partial charge in [0.1, 0.15) is 0 Å². The van der Waals surface area contributed by atoms with E-state index < -0.39 is 0 Å². The zero-order chi connectivity index (χ0) is 13.8. The number of hydrogen-bond acceptors (Lipinski definition) is 4. The maximum Gasteiger partial charge on any atom is 0.246 e. The Labute approximate surface area is 116 Å². The van der Waals surface area contributed by atoms with Crippen molar-refractivity contribution in [3.05, 3.63) is 22.2 Å². The van der Waals surface area contributed by atoms with Crippen molar-refractivity contribution in [3.8, 4) is 0 Å². The summed E-state index contributed by atoms with van der Waals surface area (Å²) in [6.45, 7) is 5.92. The highest BCUT2D eigenvalue weighted by molar-refractivity contribution is 7.09. The van der Waals surface area contributed by atoms with E-state index in [9.17, 15) is 9.59 Å². The van der Waals surface area contributed by atoms with Crippen LogP contribution in [-0.2, 0) is 9.59 Å². The van der Waals surface area contributed by atoms with Gasteiger partial charge in [-0.2, -0.15) is 0 Å². The fraction of sp³-hybridized carbons (Fsp3) is 0.462. The minimum absolute atomic E-state index is 0.0196. The standard InChI is InChI=1S/C13H17N3O2S/c1-10-14-12(9-19-10)3-4-13(18)16-7-5-15(6-8-16)11(2)17/h3-4,9H,5-8H2,1-2H3/b4-3-. The molecule has 1 aromatic heterocycles. The number of hydrogen-bond donors (Lipinski definition) is 0. The van der Waals surface area contributed by atoms with Crippen LogP contribution in [0.2, 0.25) is 0 Å². The van der Waals surface area contributed by atoms with Gasteiger partial charge in [0.05, 0.1) is 10.7 Å². The first-order valence-electron chi connectivity index (χ1n) is 6.21. The van der Waals surface area contributed by atoms with Gasteiger partial charge >= 0.3 is 0 Å². The monoisotopic (exact) mass is 279 g/mol. The molecular weight excluding hydrogens is 262 g/mol. The van der Waals surface area contributed by atoms with Crippen LogP contribution in [0.1, 0.15) is 17.6 Å². The molecule has 0 spiro atoms. The Balaban J connectivity index is 1.88. The predicted octanol–water partition coefficient (Wildman–Crippen LogP) is 1.16. The van der Waals surface area contributed by atoms with Crippen LogP contribution < -0.4 is 0 Å². The van der Waals surface area contributed by atoms with Crippen molar-refractivity contribution in [2.24, 2.45) is 0 Å². The first kappa shape index (κ1) is 13.7. The van der Waals surface area contributed by atoms with E-state index in [0.29, 0.717) is 26.2 Å². The van der Waals surface area contributed by atoms with Crippen LogP contribution in [0, 0.1) is 6.92 Å². The highest BCUT2D eigenvalue weighted by Crippen LogP contribution is 2.10. The Morgan fingerprint density at radius 2 is 1.89 bits per heavy atom. The molecule has 1 aromatic rings. The summed E-state index contributed by atoms with van der Waals surface area (Å²) in [5.41, 5.74) is 0.818. The fourth-order valence-corrected chi connectivity index (χ4v) is 2.54. The van der Waals surface area contributed by atoms with Crippen molar-refractivity contribution in [1.82, 2.24) is 14.8 Å². The van der Waals surface area contributed by atoms with Crippen molar-refractivity contribution in [3.63, 3.8) is 0 Å². The number of carbonyl (C=O) groups is 2. The Morgan fingerprint density at radius 3 is 2.42 bits per heavy atom. The summed E-state index contributed by atoms with van der Waals surface area (Å²) in [6, 6.07) is 0. The molecule has 102 valence electrons. The zero-order valence-electron chi connectivity index (χ0n) is 11.1. The molecule has 5 nitrogen and oxygen atoms in total. The van der Waals surface area contributed by atoms with E-state index in [2.05, 4.69) is 4.98 Å². The van der Waals surface area contributed by atoms with Gasteiger partial charge in [-0.25, -0.2) is 4.98 Å². The summed E-state index contributed by atoms with van der Waals surface area (Å²) in [7, 11) is 0. The van der Waals surface area contributed by atoms with Gasteiger partial charge in [0.25, 0.3) is 0 Å². The second kappa shape index (κ2) is 5.97. The van der Waals surface area contributed by atoms with Crippen LogP contribution in [0.5, 0.6) is 0 Å². The second-order valence-electron chi connectivity index (χ2n) is 4.46. The molecule has 0 N–H and O–H groups in total. The number of aromatic nitrogens is 1. The summed E-state index contributed by atoms with van der Waals surface area (Å²) in [5, 5.41) is 2.91. The van der Waals surface area contributed by atoms with E-state index >= 15 is 0 Å². The maximum absolute atomic E-state index is 12.0. The van der Waals surface area contributed by atoms with Gasteiger partial charge in [-0.15, -0.1) is 11.3 Å². The van der Waals surface area contributed by atoms with Gasteiger partial charge in [0, 0.05) is 44.6 Å². The molecule has 0 unspecified atom stereocenters. The normalized spacial score (nSPS) is 16.1. The lowest BCUT2D eigenvalue weighted by molar-refractivity contribution is -0.135. The Kier molecular flexibility index (Phi) is 4.31. The van der Waals surface area contributed by atoms with Gasteiger partial charge in [-0.3, -0.25) is 9.59 Å². The smallest absolute Gasteiger partial charge is 0.246 e. The molecule has 0 aliphatic carbocycles. The van der Waals surface area contributed by atoms with Crippen molar-refractivity contribution >= 4 is 29.2 Å². The third-order valence-corrected chi connectivity index (χ3v) is 3.86. The highest BCUT2D eigenvalue weighted by atomic mass is 32.1. The summed E-state index contributed by atoms with van der Waals surface area (Å²) in [4.78, 5) is 30.9. The number of carbonyl (C=O) groups excluding carboxylic acids is 2. The molecule has 1 fully saturated rings. The maximum atomic E-state index is 12.0. The molecule has 0 bridgehead atoms. The van der Waals surface area contributed by atoms with Crippen LogP contribution in [-0.4, -0.2) is 52.8 Å². The van der Waals surface area contributed by atoms with E-state index in [1.807, 2.05) is 12.3 Å². The molecule has 0 atom stereocenters. The third-order valence-electron chi connectivity index (χ3n) is 3.07. The molecule has 0 aromatic carbocycles. The number of piperazine rings is 1. The molecule has 2 heterocycles. The van der Waals surface area contributed by atoms with Gasteiger partial charge in [-0.1, -0.05) is 0 Å². The van der Waals surface area contributed by atoms with Crippen molar-refractivity contribution in [2.75, 3.05) is 26.2 Å². The molecule has 2 amide bonds. The minimum atomic E-state index is -0.0196. The lowest BCUT2D eigenvalue weighted by atomic mass is 10.3. The van der Waals surface area contributed by atoms with Gasteiger partial charge in [0.15, 0.2) is 0 Å². The summed E-state index contributed by atoms with van der Waals surface area (Å²) in [6.07, 6.45) is 3.29. The average Bonchev–Trinajstić information content (AvgIpc) is 2.82. The molecule has 1 aliphatic heterocycles. The Bertz CT molecular complexity index is 502. The van der Waals surface area contributed by atoms with Crippen LogP contribution >= 0.6 is 11.3 Å². The van der Waals surface area contributed by atoms with E-state index in [0.717, 1.165) is 10.7 Å². The first-order chi connectivity index (χ1) is 9.06. The SMILES string of the molecule is CC(=O)N1CCN(C(=O)/C=C\c2csc(C)n2)CC1. The summed E-state index contributed by atoms with van der Waals surface area (Å²) < 4.78 is 0. The fourth-order valence-electron chi connectivity index (χ4n) is 1.96. The quantitative estimate of drug-likeness (QED) is 0.763. The molecule has 19 heavy (non-hydrogen) atoms. The lowest BCUT2D eigenvalue weighted by Crippen LogP contribution is -2.49. The molecule has 2 rings (SSSR count). The molecule has 0 radical (unpaired) electrons. The highest BCUT2D eigenvalue weighted by Gasteiger charge is 2.20. The molecule has 1 saturated heterocycles. The number of thiazole rings is 1. The van der Waals surface area contributed by atoms with E-state index in [-0.39, 0.29) is 11.8 Å². The zero-order valence-corrected chi connectivity index (χ0v) is 11.9. The number of nitrogens with zero attached hydrogens (tertiary/aromatic N) is 3. The van der Waals surface area contributed by atoms with Crippen LogP contribution in [0.4, 0.5) is 0 Å². The van der Waals surface area contributed by atoms with Crippen molar-refractivity contribution in [2.45, 2.75) is 13.8 Å². The predicted molar refractivity (Wildman–Crippen MR) is 74.7 cm³/mol. The minimum Gasteiger partial charge on any atom is -0.339 e. The number of rotatable bonds is 2. The van der Waals surface area contributed by atoms with E-state index in [1.165, 1.54) is 0 Å². The van der Waals surface area contributed by atoms with Crippen molar-refractivity contribution < 1.29 is 9.59 Å². The van der Waals surface area contributed by atoms with Crippen LogP contribution in [0.25, 0.3) is 6.08 Å². The lowest BCUT2D eigenvalue weighted by Gasteiger charge is -2.33. The van der Waals surface area contributed by atoms with E-state index in [1.54, 1.807) is 40.2 Å². The van der Waals surface area contributed by atoms with Gasteiger partial charge in [-0.05, 0) is 13.0 Å². The molecule has 0 saturated carbocycles. The average molecular weight is 279 g/mol. The van der Waals surface area contributed by atoms with Crippen LogP contribution in [0.3, 0.4) is 0 Å². The second-order valence-corrected chi connectivity index (χ2v) is 5.52. The largest absolute Gasteiger partial charge is 0.339 e. The number of aryl methyl sites for hydroxylation is 1.